The van der Waals surface area contributed by atoms with E-state index < -0.39 is 0 Å². The molecule has 0 aromatic rings. The number of nitrogens with one attached hydrogen (secondary N) is 1. The minimum Gasteiger partial charge on any atom is -0.379 e. The normalized spacial score (nSPS) is 19.6. The minimum absolute atomic E-state index is 0.448. The topological polar surface area (TPSA) is 62.9 Å². The van der Waals surface area contributed by atoms with E-state index in [2.05, 4.69) is 42.9 Å². The Balaban J connectivity index is 2.40. The van der Waals surface area contributed by atoms with E-state index in [1.165, 1.54) is 0 Å². The van der Waals surface area contributed by atoms with Gasteiger partial charge >= 0.3 is 0 Å². The van der Waals surface area contributed by atoms with E-state index in [-0.39, 0.29) is 0 Å². The maximum Gasteiger partial charge on any atom is 0.188 e. The fourth-order valence-corrected chi connectivity index (χ4v) is 2.39. The highest BCUT2D eigenvalue weighted by molar-refractivity contribution is 5.77. The Labute approximate surface area is 124 Å². The van der Waals surface area contributed by atoms with Gasteiger partial charge in [0.1, 0.15) is 0 Å². The van der Waals surface area contributed by atoms with Crippen LogP contribution in [0.15, 0.2) is 4.99 Å². The van der Waals surface area contributed by atoms with Crippen molar-refractivity contribution >= 4 is 5.96 Å². The Morgan fingerprint density at radius 3 is 2.45 bits per heavy atom. The second-order valence-electron chi connectivity index (χ2n) is 6.29. The van der Waals surface area contributed by atoms with Crippen LogP contribution in [0.3, 0.4) is 0 Å². The van der Waals surface area contributed by atoms with Crippen molar-refractivity contribution in [3.63, 3.8) is 0 Å². The SMILES string of the molecule is CC(C)CCNC(N)=NCC(C(C)C)N1CCOCC1. The molecule has 1 aliphatic heterocycles. The zero-order valence-corrected chi connectivity index (χ0v) is 13.6. The van der Waals surface area contributed by atoms with Gasteiger partial charge in [-0.2, -0.15) is 0 Å². The van der Waals surface area contributed by atoms with Gasteiger partial charge in [-0.15, -0.1) is 0 Å². The van der Waals surface area contributed by atoms with Gasteiger partial charge in [0.05, 0.1) is 19.8 Å². The lowest BCUT2D eigenvalue weighted by Gasteiger charge is -2.36. The molecule has 0 spiro atoms. The van der Waals surface area contributed by atoms with Crippen molar-refractivity contribution in [2.24, 2.45) is 22.6 Å². The number of rotatable bonds is 7. The Kier molecular flexibility index (Phi) is 7.92. The summed E-state index contributed by atoms with van der Waals surface area (Å²) in [5.41, 5.74) is 5.93. The van der Waals surface area contributed by atoms with Crippen LogP contribution in [0.1, 0.15) is 34.1 Å². The predicted molar refractivity (Wildman–Crippen MR) is 85.0 cm³/mol. The summed E-state index contributed by atoms with van der Waals surface area (Å²) in [6, 6.07) is 0.448. The summed E-state index contributed by atoms with van der Waals surface area (Å²) in [7, 11) is 0. The van der Waals surface area contributed by atoms with E-state index in [1.54, 1.807) is 0 Å². The van der Waals surface area contributed by atoms with E-state index >= 15 is 0 Å². The fourth-order valence-electron chi connectivity index (χ4n) is 2.39. The molecule has 3 N–H and O–H groups in total. The molecule has 1 aliphatic rings. The quantitative estimate of drug-likeness (QED) is 0.546. The third kappa shape index (κ3) is 6.57. The zero-order valence-electron chi connectivity index (χ0n) is 13.6. The van der Waals surface area contributed by atoms with Crippen molar-refractivity contribution in [1.82, 2.24) is 10.2 Å². The van der Waals surface area contributed by atoms with Crippen LogP contribution in [-0.2, 0) is 4.74 Å². The second-order valence-corrected chi connectivity index (χ2v) is 6.29. The third-order valence-corrected chi connectivity index (χ3v) is 3.76. The first-order chi connectivity index (χ1) is 9.50. The molecule has 0 radical (unpaired) electrons. The van der Waals surface area contributed by atoms with Crippen molar-refractivity contribution in [3.05, 3.63) is 0 Å². The lowest BCUT2D eigenvalue weighted by molar-refractivity contribution is 0.00868. The molecule has 1 rings (SSSR count). The summed E-state index contributed by atoms with van der Waals surface area (Å²) >= 11 is 0. The second kappa shape index (κ2) is 9.19. The zero-order chi connectivity index (χ0) is 15.0. The van der Waals surface area contributed by atoms with Gasteiger partial charge in [0, 0.05) is 25.7 Å². The number of morpholine rings is 1. The molecular formula is C15H32N4O. The Morgan fingerprint density at radius 1 is 1.25 bits per heavy atom. The van der Waals surface area contributed by atoms with Crippen LogP contribution >= 0.6 is 0 Å². The van der Waals surface area contributed by atoms with Crippen LogP contribution in [0.25, 0.3) is 0 Å². The van der Waals surface area contributed by atoms with Gasteiger partial charge in [0.25, 0.3) is 0 Å². The number of ether oxygens (including phenoxy) is 1. The molecule has 118 valence electrons. The summed E-state index contributed by atoms with van der Waals surface area (Å²) in [6.45, 7) is 14.2. The molecule has 0 bridgehead atoms. The van der Waals surface area contributed by atoms with Crippen LogP contribution < -0.4 is 11.1 Å². The summed E-state index contributed by atoms with van der Waals surface area (Å²) in [6.07, 6.45) is 1.12. The molecule has 1 fully saturated rings. The molecule has 5 heteroatoms. The van der Waals surface area contributed by atoms with Gasteiger partial charge in [-0.05, 0) is 18.3 Å². The van der Waals surface area contributed by atoms with Crippen molar-refractivity contribution < 1.29 is 4.74 Å². The standard InChI is InChI=1S/C15H32N4O/c1-12(2)5-6-17-15(16)18-11-14(13(3)4)19-7-9-20-10-8-19/h12-14H,5-11H2,1-4H3,(H3,16,17,18). The van der Waals surface area contributed by atoms with Gasteiger partial charge < -0.3 is 15.8 Å². The molecule has 0 aromatic heterocycles. The molecule has 1 unspecified atom stereocenters. The smallest absolute Gasteiger partial charge is 0.188 e. The van der Waals surface area contributed by atoms with Gasteiger partial charge in [-0.25, -0.2) is 0 Å². The number of aliphatic imine (C=N–C) groups is 1. The van der Waals surface area contributed by atoms with E-state index in [1.807, 2.05) is 0 Å². The van der Waals surface area contributed by atoms with Crippen LogP contribution in [0.4, 0.5) is 0 Å². The Bertz CT molecular complexity index is 286. The number of guanidine groups is 1. The highest BCUT2D eigenvalue weighted by atomic mass is 16.5. The lowest BCUT2D eigenvalue weighted by atomic mass is 10.0. The molecule has 0 saturated carbocycles. The number of hydrogen-bond donors (Lipinski definition) is 2. The third-order valence-electron chi connectivity index (χ3n) is 3.76. The number of hydrogen-bond acceptors (Lipinski definition) is 3. The maximum absolute atomic E-state index is 5.93. The van der Waals surface area contributed by atoms with Crippen molar-refractivity contribution in [1.29, 1.82) is 0 Å². The average Bonchev–Trinajstić information content (AvgIpc) is 2.39. The van der Waals surface area contributed by atoms with Crippen LogP contribution in [0.2, 0.25) is 0 Å². The molecule has 1 heterocycles. The maximum atomic E-state index is 5.93. The monoisotopic (exact) mass is 284 g/mol. The van der Waals surface area contributed by atoms with Gasteiger partial charge in [0.15, 0.2) is 5.96 Å². The molecule has 0 aromatic carbocycles. The number of nitrogens with zero attached hydrogens (tertiary/aromatic N) is 2. The van der Waals surface area contributed by atoms with Gasteiger partial charge in [0.2, 0.25) is 0 Å². The summed E-state index contributed by atoms with van der Waals surface area (Å²) < 4.78 is 5.42. The van der Waals surface area contributed by atoms with E-state index in [9.17, 15) is 0 Å². The molecule has 1 saturated heterocycles. The largest absolute Gasteiger partial charge is 0.379 e. The summed E-state index contributed by atoms with van der Waals surface area (Å²) in [5.74, 6) is 1.83. The van der Waals surface area contributed by atoms with Crippen LogP contribution in [0.5, 0.6) is 0 Å². The first-order valence-electron chi connectivity index (χ1n) is 7.86. The van der Waals surface area contributed by atoms with Crippen molar-refractivity contribution in [2.75, 3.05) is 39.4 Å². The van der Waals surface area contributed by atoms with Crippen molar-refractivity contribution in [3.8, 4) is 0 Å². The first kappa shape index (κ1) is 17.2. The number of nitrogens with two attached hydrogens (primary N) is 1. The Hall–Kier alpha value is -0.810. The summed E-state index contributed by atoms with van der Waals surface area (Å²) in [5, 5.41) is 3.20. The Morgan fingerprint density at radius 2 is 1.90 bits per heavy atom. The molecule has 20 heavy (non-hydrogen) atoms. The van der Waals surface area contributed by atoms with E-state index in [0.29, 0.717) is 23.8 Å². The highest BCUT2D eigenvalue weighted by Crippen LogP contribution is 2.13. The average molecular weight is 284 g/mol. The highest BCUT2D eigenvalue weighted by Gasteiger charge is 2.23. The fraction of sp³-hybridized carbons (Fsp3) is 0.933. The van der Waals surface area contributed by atoms with E-state index in [4.69, 9.17) is 10.5 Å². The minimum atomic E-state index is 0.448. The van der Waals surface area contributed by atoms with Gasteiger partial charge in [-0.3, -0.25) is 9.89 Å². The van der Waals surface area contributed by atoms with Gasteiger partial charge in [-0.1, -0.05) is 27.7 Å². The molecule has 0 aliphatic carbocycles. The lowest BCUT2D eigenvalue weighted by Crippen LogP contribution is -2.48. The molecular weight excluding hydrogens is 252 g/mol. The molecule has 1 atom stereocenters. The van der Waals surface area contributed by atoms with Crippen LogP contribution in [-0.4, -0.2) is 56.3 Å². The predicted octanol–water partition coefficient (Wildman–Crippen LogP) is 1.29. The first-order valence-corrected chi connectivity index (χ1v) is 7.86. The molecule has 0 amide bonds. The van der Waals surface area contributed by atoms with E-state index in [0.717, 1.165) is 45.8 Å². The van der Waals surface area contributed by atoms with Crippen LogP contribution in [0, 0.1) is 11.8 Å². The molecule has 5 nitrogen and oxygen atoms in total. The summed E-state index contributed by atoms with van der Waals surface area (Å²) in [4.78, 5) is 6.99. The van der Waals surface area contributed by atoms with Crippen molar-refractivity contribution in [2.45, 2.75) is 40.2 Å².